The number of hydrogen-bond acceptors (Lipinski definition) is 2. The zero-order valence-corrected chi connectivity index (χ0v) is 10.8. The molecule has 98 valence electrons. The molecule has 2 atom stereocenters. The molecule has 3 nitrogen and oxygen atoms in total. The molecule has 0 aliphatic heterocycles. The Hall–Kier alpha value is -1.45. The van der Waals surface area contributed by atoms with Crippen LogP contribution in [0.4, 0.5) is 4.39 Å². The van der Waals surface area contributed by atoms with Gasteiger partial charge in [0.05, 0.1) is 0 Å². The zero-order chi connectivity index (χ0) is 13.1. The molecule has 1 aliphatic rings. The first-order chi connectivity index (χ1) is 8.54. The summed E-state index contributed by atoms with van der Waals surface area (Å²) in [7, 11) is 0. The summed E-state index contributed by atoms with van der Waals surface area (Å²) in [5.74, 6) is 0.355. The second-order valence-electron chi connectivity index (χ2n) is 5.43. The largest absolute Gasteiger partial charge is 0.348 e. The number of hydrogen-bond donors (Lipinski definition) is 1. The number of nitrogens with one attached hydrogen (secondary N) is 1. The minimum atomic E-state index is -0.618. The van der Waals surface area contributed by atoms with Crippen LogP contribution in [0.15, 0.2) is 18.2 Å². The van der Waals surface area contributed by atoms with Crippen molar-refractivity contribution in [3.8, 4) is 0 Å². The van der Waals surface area contributed by atoms with Crippen LogP contribution in [0.25, 0.3) is 0 Å². The fraction of sp³-hybridized carbons (Fsp3) is 0.571. The van der Waals surface area contributed by atoms with Gasteiger partial charge in [-0.05, 0) is 43.2 Å². The van der Waals surface area contributed by atoms with E-state index >= 15 is 0 Å². The lowest BCUT2D eigenvalue weighted by molar-refractivity contribution is 0.0905. The lowest BCUT2D eigenvalue weighted by Gasteiger charge is -2.31. The van der Waals surface area contributed by atoms with Gasteiger partial charge in [0.2, 0.25) is 5.95 Å². The Morgan fingerprint density at radius 3 is 2.56 bits per heavy atom. The topological polar surface area (TPSA) is 42.0 Å². The van der Waals surface area contributed by atoms with Crippen LogP contribution in [-0.2, 0) is 0 Å². The monoisotopic (exact) mass is 250 g/mol. The van der Waals surface area contributed by atoms with Gasteiger partial charge in [-0.15, -0.1) is 0 Å². The molecule has 0 spiro atoms. The van der Waals surface area contributed by atoms with E-state index in [2.05, 4.69) is 24.1 Å². The molecule has 2 rings (SSSR count). The second kappa shape index (κ2) is 5.46. The quantitative estimate of drug-likeness (QED) is 0.820. The summed E-state index contributed by atoms with van der Waals surface area (Å²) < 4.78 is 12.9. The van der Waals surface area contributed by atoms with Crippen LogP contribution in [0.1, 0.15) is 43.6 Å². The van der Waals surface area contributed by atoms with Gasteiger partial charge in [0.1, 0.15) is 5.69 Å². The number of rotatable bonds is 2. The molecule has 1 fully saturated rings. The van der Waals surface area contributed by atoms with Gasteiger partial charge in [0.15, 0.2) is 0 Å². The highest BCUT2D eigenvalue weighted by atomic mass is 19.1. The number of carbonyl (C=O) groups excluding carboxylic acids is 1. The van der Waals surface area contributed by atoms with E-state index in [0.29, 0.717) is 11.8 Å². The van der Waals surface area contributed by atoms with Crippen molar-refractivity contribution in [1.82, 2.24) is 10.3 Å². The summed E-state index contributed by atoms with van der Waals surface area (Å²) in [5, 5.41) is 2.96. The molecule has 1 N–H and O–H groups in total. The minimum Gasteiger partial charge on any atom is -0.348 e. The van der Waals surface area contributed by atoms with Crippen molar-refractivity contribution in [1.29, 1.82) is 0 Å². The van der Waals surface area contributed by atoms with Gasteiger partial charge in [0.25, 0.3) is 5.91 Å². The average molecular weight is 250 g/mol. The summed E-state index contributed by atoms with van der Waals surface area (Å²) in [6.45, 7) is 4.41. The highest BCUT2D eigenvalue weighted by Gasteiger charge is 2.25. The number of pyridine rings is 1. The van der Waals surface area contributed by atoms with Gasteiger partial charge in [-0.3, -0.25) is 4.79 Å². The number of halogens is 1. The number of amides is 1. The van der Waals surface area contributed by atoms with Crippen molar-refractivity contribution in [3.05, 3.63) is 29.8 Å². The highest BCUT2D eigenvalue weighted by molar-refractivity contribution is 5.92. The zero-order valence-electron chi connectivity index (χ0n) is 10.8. The molecule has 1 saturated carbocycles. The minimum absolute atomic E-state index is 0.154. The maximum absolute atomic E-state index is 12.9. The Labute approximate surface area is 107 Å². The molecule has 1 heterocycles. The van der Waals surface area contributed by atoms with Crippen molar-refractivity contribution < 1.29 is 9.18 Å². The predicted octanol–water partition coefficient (Wildman–Crippen LogP) is 2.78. The van der Waals surface area contributed by atoms with Crippen molar-refractivity contribution >= 4 is 5.91 Å². The van der Waals surface area contributed by atoms with Crippen molar-refractivity contribution in [2.45, 2.75) is 39.2 Å². The molecule has 4 heteroatoms. The van der Waals surface area contributed by atoms with Gasteiger partial charge in [-0.2, -0.15) is 4.39 Å². The summed E-state index contributed by atoms with van der Waals surface area (Å²) >= 11 is 0. The SMILES string of the molecule is CC1CC(C)CC(NC(=O)c2cccc(F)n2)C1. The van der Waals surface area contributed by atoms with E-state index in [1.807, 2.05) is 0 Å². The van der Waals surface area contributed by atoms with E-state index in [0.717, 1.165) is 12.8 Å². The Morgan fingerprint density at radius 1 is 1.28 bits per heavy atom. The number of nitrogens with zero attached hydrogens (tertiary/aromatic N) is 1. The lowest BCUT2D eigenvalue weighted by Crippen LogP contribution is -2.40. The fourth-order valence-corrected chi connectivity index (χ4v) is 2.86. The fourth-order valence-electron chi connectivity index (χ4n) is 2.86. The Kier molecular flexibility index (Phi) is 3.94. The van der Waals surface area contributed by atoms with E-state index in [1.54, 1.807) is 0 Å². The molecular weight excluding hydrogens is 231 g/mol. The van der Waals surface area contributed by atoms with Crippen molar-refractivity contribution in [2.75, 3.05) is 0 Å². The lowest BCUT2D eigenvalue weighted by atomic mass is 9.80. The standard InChI is InChI=1S/C14H19FN2O/c1-9-6-10(2)8-11(7-9)16-14(18)12-4-3-5-13(15)17-12/h3-5,9-11H,6-8H2,1-2H3,(H,16,18). The Morgan fingerprint density at radius 2 is 1.94 bits per heavy atom. The molecule has 18 heavy (non-hydrogen) atoms. The van der Waals surface area contributed by atoms with E-state index in [4.69, 9.17) is 0 Å². The Bertz CT molecular complexity index is 426. The molecular formula is C14H19FN2O. The van der Waals surface area contributed by atoms with Gasteiger partial charge >= 0.3 is 0 Å². The molecule has 0 radical (unpaired) electrons. The van der Waals surface area contributed by atoms with Gasteiger partial charge in [-0.1, -0.05) is 19.9 Å². The van der Waals surface area contributed by atoms with Crippen LogP contribution in [0.2, 0.25) is 0 Å². The van der Waals surface area contributed by atoms with Crippen LogP contribution in [0.3, 0.4) is 0 Å². The summed E-state index contributed by atoms with van der Waals surface area (Å²) in [6, 6.07) is 4.46. The van der Waals surface area contributed by atoms with Gasteiger partial charge in [-0.25, -0.2) is 4.98 Å². The highest BCUT2D eigenvalue weighted by Crippen LogP contribution is 2.28. The molecule has 0 saturated heterocycles. The number of carbonyl (C=O) groups is 1. The molecule has 1 amide bonds. The van der Waals surface area contributed by atoms with Crippen molar-refractivity contribution in [2.24, 2.45) is 11.8 Å². The maximum atomic E-state index is 12.9. The number of aromatic nitrogens is 1. The second-order valence-corrected chi connectivity index (χ2v) is 5.43. The first kappa shape index (κ1) is 13.0. The van der Waals surface area contributed by atoms with Crippen LogP contribution < -0.4 is 5.32 Å². The average Bonchev–Trinajstić information content (AvgIpc) is 2.27. The van der Waals surface area contributed by atoms with Crippen LogP contribution in [0.5, 0.6) is 0 Å². The van der Waals surface area contributed by atoms with Crippen LogP contribution >= 0.6 is 0 Å². The summed E-state index contributed by atoms with van der Waals surface area (Å²) in [6.07, 6.45) is 3.20. The third-order valence-corrected chi connectivity index (χ3v) is 3.46. The maximum Gasteiger partial charge on any atom is 0.270 e. The third-order valence-electron chi connectivity index (χ3n) is 3.46. The van der Waals surface area contributed by atoms with Gasteiger partial charge < -0.3 is 5.32 Å². The van der Waals surface area contributed by atoms with Gasteiger partial charge in [0, 0.05) is 6.04 Å². The molecule has 0 bridgehead atoms. The van der Waals surface area contributed by atoms with E-state index < -0.39 is 5.95 Å². The first-order valence-electron chi connectivity index (χ1n) is 6.48. The van der Waals surface area contributed by atoms with E-state index in [-0.39, 0.29) is 17.6 Å². The Balaban J connectivity index is 1.99. The third kappa shape index (κ3) is 3.28. The van der Waals surface area contributed by atoms with Crippen LogP contribution in [-0.4, -0.2) is 16.9 Å². The van der Waals surface area contributed by atoms with E-state index in [1.165, 1.54) is 24.6 Å². The normalized spacial score (nSPS) is 27.8. The molecule has 1 aromatic rings. The van der Waals surface area contributed by atoms with E-state index in [9.17, 15) is 9.18 Å². The molecule has 0 aromatic carbocycles. The van der Waals surface area contributed by atoms with Crippen molar-refractivity contribution in [3.63, 3.8) is 0 Å². The smallest absolute Gasteiger partial charge is 0.270 e. The summed E-state index contributed by atoms with van der Waals surface area (Å²) in [4.78, 5) is 15.5. The molecule has 2 unspecified atom stereocenters. The van der Waals surface area contributed by atoms with Crippen LogP contribution in [0, 0.1) is 17.8 Å². The summed E-state index contributed by atoms with van der Waals surface area (Å²) in [5.41, 5.74) is 0.154. The molecule has 1 aliphatic carbocycles. The predicted molar refractivity (Wildman–Crippen MR) is 67.6 cm³/mol. The molecule has 1 aromatic heterocycles. The first-order valence-corrected chi connectivity index (χ1v) is 6.48.